The molecule has 1 N–H and O–H groups in total. The number of likely N-dealkylation sites (tertiary alicyclic amines) is 1. The number of guanidine groups is 1. The molecule has 1 amide bonds. The van der Waals surface area contributed by atoms with E-state index in [1.807, 2.05) is 24.0 Å². The maximum absolute atomic E-state index is 14.3. The predicted octanol–water partition coefficient (Wildman–Crippen LogP) is 4.40. The third-order valence-corrected chi connectivity index (χ3v) is 6.15. The third-order valence-electron chi connectivity index (χ3n) is 6.15. The van der Waals surface area contributed by atoms with Gasteiger partial charge in [-0.3, -0.25) is 4.79 Å². The molecule has 6 nitrogen and oxygen atoms in total. The number of fused-ring (bicyclic) bond motifs is 1. The van der Waals surface area contributed by atoms with E-state index in [0.29, 0.717) is 36.0 Å². The lowest BCUT2D eigenvalue weighted by atomic mass is 9.98. The van der Waals surface area contributed by atoms with Crippen LogP contribution < -0.4 is 10.2 Å². The van der Waals surface area contributed by atoms with E-state index in [0.717, 1.165) is 38.2 Å². The van der Waals surface area contributed by atoms with Gasteiger partial charge in [-0.1, -0.05) is 18.2 Å². The maximum Gasteiger partial charge on any atom is 0.222 e. The van der Waals surface area contributed by atoms with Gasteiger partial charge in [-0.2, -0.15) is 5.26 Å². The molecule has 2 heterocycles. The molecule has 0 spiro atoms. The van der Waals surface area contributed by atoms with Gasteiger partial charge in [0.15, 0.2) is 5.96 Å². The van der Waals surface area contributed by atoms with Crippen LogP contribution in [0.4, 0.5) is 10.1 Å². The lowest BCUT2D eigenvalue weighted by Gasteiger charge is -2.23. The van der Waals surface area contributed by atoms with Crippen LogP contribution in [0.25, 0.3) is 0 Å². The maximum atomic E-state index is 14.3. The van der Waals surface area contributed by atoms with Crippen molar-refractivity contribution in [3.63, 3.8) is 0 Å². The van der Waals surface area contributed by atoms with Crippen molar-refractivity contribution in [1.29, 1.82) is 5.26 Å². The van der Waals surface area contributed by atoms with Crippen LogP contribution in [0.3, 0.4) is 0 Å². The Bertz CT molecular complexity index is 1070. The molecule has 0 bridgehead atoms. The lowest BCUT2D eigenvalue weighted by Crippen LogP contribution is -2.41. The molecule has 0 radical (unpaired) electrons. The molecule has 8 heteroatoms. The summed E-state index contributed by atoms with van der Waals surface area (Å²) in [6.45, 7) is 5.22. The second-order valence-corrected chi connectivity index (χ2v) is 8.23. The second-order valence-electron chi connectivity index (χ2n) is 8.23. The Morgan fingerprint density at radius 2 is 2.12 bits per heavy atom. The highest BCUT2D eigenvalue weighted by atomic mass is 127. The predicted molar refractivity (Wildman–Crippen MR) is 138 cm³/mol. The number of amides is 1. The van der Waals surface area contributed by atoms with Gasteiger partial charge in [0.1, 0.15) is 5.82 Å². The highest BCUT2D eigenvalue weighted by Crippen LogP contribution is 2.38. The van der Waals surface area contributed by atoms with E-state index < -0.39 is 0 Å². The molecule has 0 aliphatic carbocycles. The van der Waals surface area contributed by atoms with Crippen molar-refractivity contribution in [2.75, 3.05) is 31.1 Å². The van der Waals surface area contributed by atoms with Crippen LogP contribution in [0.1, 0.15) is 48.8 Å². The number of nitrogens with zero attached hydrogens (tertiary/aromatic N) is 4. The molecule has 0 aromatic heterocycles. The number of halogens is 2. The van der Waals surface area contributed by atoms with Crippen LogP contribution in [0.2, 0.25) is 0 Å². The number of anilines is 1. The highest BCUT2D eigenvalue weighted by molar-refractivity contribution is 14.0. The molecular formula is C25H29FIN5O. The zero-order chi connectivity index (χ0) is 22.5. The average molecular weight is 561 g/mol. The Labute approximate surface area is 211 Å². The van der Waals surface area contributed by atoms with E-state index in [9.17, 15) is 9.18 Å². The average Bonchev–Trinajstić information content (AvgIpc) is 3.39. The van der Waals surface area contributed by atoms with Crippen molar-refractivity contribution in [3.8, 4) is 6.07 Å². The van der Waals surface area contributed by atoms with Crippen molar-refractivity contribution in [2.24, 2.45) is 4.99 Å². The summed E-state index contributed by atoms with van der Waals surface area (Å²) < 4.78 is 14.3. The summed E-state index contributed by atoms with van der Waals surface area (Å²) >= 11 is 0. The van der Waals surface area contributed by atoms with Crippen molar-refractivity contribution in [3.05, 3.63) is 65.0 Å². The van der Waals surface area contributed by atoms with Crippen LogP contribution in [-0.4, -0.2) is 42.9 Å². The normalized spacial score (nSPS) is 17.5. The van der Waals surface area contributed by atoms with Crippen LogP contribution in [0, 0.1) is 17.1 Å². The van der Waals surface area contributed by atoms with Crippen LogP contribution in [0.5, 0.6) is 0 Å². The van der Waals surface area contributed by atoms with Gasteiger partial charge in [0.2, 0.25) is 5.91 Å². The Morgan fingerprint density at radius 3 is 2.85 bits per heavy atom. The van der Waals surface area contributed by atoms with Gasteiger partial charge >= 0.3 is 0 Å². The minimum absolute atomic E-state index is 0. The number of nitriles is 1. The Morgan fingerprint density at radius 1 is 1.30 bits per heavy atom. The summed E-state index contributed by atoms with van der Waals surface area (Å²) in [5, 5.41) is 12.5. The summed E-state index contributed by atoms with van der Waals surface area (Å²) in [5.74, 6) is 0.881. The number of benzene rings is 2. The van der Waals surface area contributed by atoms with Gasteiger partial charge in [0.05, 0.1) is 18.2 Å². The van der Waals surface area contributed by atoms with E-state index in [4.69, 9.17) is 10.3 Å². The molecule has 33 heavy (non-hydrogen) atoms. The Kier molecular flexibility index (Phi) is 8.67. The Hall–Kier alpha value is -2.67. The molecule has 0 saturated carbocycles. The van der Waals surface area contributed by atoms with Crippen molar-refractivity contribution in [2.45, 2.75) is 38.6 Å². The van der Waals surface area contributed by atoms with E-state index in [-0.39, 0.29) is 42.2 Å². The van der Waals surface area contributed by atoms with E-state index in [1.54, 1.807) is 6.07 Å². The van der Waals surface area contributed by atoms with Crippen LogP contribution in [-0.2, 0) is 11.3 Å². The molecule has 2 aromatic rings. The Balaban J connectivity index is 0.00000306. The first-order chi connectivity index (χ1) is 15.6. The fourth-order valence-electron chi connectivity index (χ4n) is 4.52. The van der Waals surface area contributed by atoms with E-state index >= 15 is 0 Å². The molecule has 1 saturated heterocycles. The van der Waals surface area contributed by atoms with Gasteiger partial charge < -0.3 is 15.1 Å². The molecule has 1 unspecified atom stereocenters. The zero-order valence-electron chi connectivity index (χ0n) is 18.8. The van der Waals surface area contributed by atoms with E-state index in [1.165, 1.54) is 17.7 Å². The van der Waals surface area contributed by atoms with Gasteiger partial charge in [0, 0.05) is 49.8 Å². The number of hydrogen-bond donors (Lipinski definition) is 1. The standard InChI is InChI=1S/C25H28FN5O.HI/c1-2-28-25(29-16-20-14-18(15-27)9-10-22(20)26)31-17-19(21-6-3-4-7-23(21)31)11-13-30-12-5-8-24(30)32;/h3-4,6-7,9-10,14,19H,2,5,8,11-13,16-17H2,1H3,(H,28,29);1H. The lowest BCUT2D eigenvalue weighted by molar-refractivity contribution is -0.127. The summed E-state index contributed by atoms with van der Waals surface area (Å²) in [7, 11) is 0. The quantitative estimate of drug-likeness (QED) is 0.323. The number of aliphatic imine (C=N–C) groups is 1. The van der Waals surface area contributed by atoms with Gasteiger partial charge in [0.25, 0.3) is 0 Å². The summed E-state index contributed by atoms with van der Waals surface area (Å²) in [5.41, 5.74) is 3.17. The summed E-state index contributed by atoms with van der Waals surface area (Å²) in [4.78, 5) is 20.8. The third kappa shape index (κ3) is 5.64. The van der Waals surface area contributed by atoms with Crippen LogP contribution >= 0.6 is 24.0 Å². The molecule has 1 atom stereocenters. The van der Waals surface area contributed by atoms with Gasteiger partial charge in [-0.15, -0.1) is 24.0 Å². The topological polar surface area (TPSA) is 71.7 Å². The fraction of sp³-hybridized carbons (Fsp3) is 0.400. The number of nitrogens with one attached hydrogen (secondary N) is 1. The number of para-hydroxylation sites is 1. The van der Waals surface area contributed by atoms with E-state index in [2.05, 4.69) is 28.4 Å². The van der Waals surface area contributed by atoms with Gasteiger partial charge in [-0.05, 0) is 49.6 Å². The largest absolute Gasteiger partial charge is 0.356 e. The minimum Gasteiger partial charge on any atom is -0.356 e. The number of hydrogen-bond acceptors (Lipinski definition) is 3. The zero-order valence-corrected chi connectivity index (χ0v) is 21.1. The van der Waals surface area contributed by atoms with Crippen LogP contribution in [0.15, 0.2) is 47.5 Å². The first-order valence-corrected chi connectivity index (χ1v) is 11.2. The molecule has 2 aliphatic rings. The monoisotopic (exact) mass is 561 g/mol. The first kappa shape index (κ1) is 25.0. The van der Waals surface area contributed by atoms with Crippen molar-refractivity contribution >= 4 is 41.5 Å². The SMILES string of the molecule is CCNC(=NCc1cc(C#N)ccc1F)N1CC(CCN2CCCC2=O)c2ccccc21.I. The summed E-state index contributed by atoms with van der Waals surface area (Å²) in [6.07, 6.45) is 2.51. The molecule has 4 rings (SSSR count). The second kappa shape index (κ2) is 11.5. The molecule has 2 aromatic carbocycles. The molecule has 174 valence electrons. The smallest absolute Gasteiger partial charge is 0.222 e. The number of carbonyl (C=O) groups excluding carboxylic acids is 1. The molecule has 1 fully saturated rings. The van der Waals surface area contributed by atoms with Gasteiger partial charge in [-0.25, -0.2) is 9.38 Å². The highest BCUT2D eigenvalue weighted by Gasteiger charge is 2.32. The molecular weight excluding hydrogens is 532 g/mol. The first-order valence-electron chi connectivity index (χ1n) is 11.2. The summed E-state index contributed by atoms with van der Waals surface area (Å²) in [6, 6.07) is 14.7. The number of rotatable bonds is 6. The van der Waals surface area contributed by atoms with Crippen molar-refractivity contribution in [1.82, 2.24) is 10.2 Å². The fourth-order valence-corrected chi connectivity index (χ4v) is 4.52. The molecule has 2 aliphatic heterocycles. The minimum atomic E-state index is -0.362. The van der Waals surface area contributed by atoms with Crippen molar-refractivity contribution < 1.29 is 9.18 Å². The number of carbonyl (C=O) groups is 1.